The molecule has 2 aromatic heterocycles. The Morgan fingerprint density at radius 2 is 2.43 bits per heavy atom. The number of nitrogens with zero attached hydrogens (tertiary/aromatic N) is 5. The van der Waals surface area contributed by atoms with Gasteiger partial charge in [-0.3, -0.25) is 0 Å². The Kier molecular flexibility index (Phi) is 2.64. The van der Waals surface area contributed by atoms with E-state index in [1.807, 2.05) is 11.6 Å². The molecule has 74 valence electrons. The molecule has 0 radical (unpaired) electrons. The summed E-state index contributed by atoms with van der Waals surface area (Å²) in [5.41, 5.74) is 6.46. The van der Waals surface area contributed by atoms with Gasteiger partial charge < -0.3 is 10.3 Å². The van der Waals surface area contributed by atoms with E-state index in [0.29, 0.717) is 10.8 Å². The van der Waals surface area contributed by atoms with Gasteiger partial charge in [-0.2, -0.15) is 0 Å². The van der Waals surface area contributed by atoms with Gasteiger partial charge in [0.2, 0.25) is 0 Å². The van der Waals surface area contributed by atoms with Crippen LogP contribution in [0.4, 0.5) is 5.00 Å². The highest BCUT2D eigenvalue weighted by Gasteiger charge is 2.07. The number of hydrogen-bond donors (Lipinski definition) is 1. The molecule has 0 saturated carbocycles. The molecule has 0 aliphatic rings. The third kappa shape index (κ3) is 1.85. The number of anilines is 1. The van der Waals surface area contributed by atoms with Gasteiger partial charge in [0.25, 0.3) is 0 Å². The van der Waals surface area contributed by atoms with Gasteiger partial charge in [-0.05, 0) is 0 Å². The van der Waals surface area contributed by atoms with Gasteiger partial charge in [-0.25, -0.2) is 0 Å². The van der Waals surface area contributed by atoms with Crippen molar-refractivity contribution >= 4 is 28.3 Å². The number of aromatic nitrogens is 5. The summed E-state index contributed by atoms with van der Waals surface area (Å²) in [5.74, 6) is 0.675. The Morgan fingerprint density at radius 3 is 3.00 bits per heavy atom. The van der Waals surface area contributed by atoms with Crippen LogP contribution < -0.4 is 5.73 Å². The molecule has 2 aromatic rings. The topological polar surface area (TPSA) is 82.5 Å². The molecule has 0 bridgehead atoms. The zero-order valence-corrected chi connectivity index (χ0v) is 9.05. The zero-order valence-electron chi connectivity index (χ0n) is 7.41. The van der Waals surface area contributed by atoms with Crippen molar-refractivity contribution in [3.63, 3.8) is 0 Å². The molecule has 0 saturated heterocycles. The highest BCUT2D eigenvalue weighted by Crippen LogP contribution is 2.23. The summed E-state index contributed by atoms with van der Waals surface area (Å²) in [4.78, 5) is 0. The fourth-order valence-corrected chi connectivity index (χ4v) is 2.22. The summed E-state index contributed by atoms with van der Waals surface area (Å²) in [6, 6.07) is 0. The number of aryl methyl sites for hydroxylation is 1. The van der Waals surface area contributed by atoms with E-state index in [-0.39, 0.29) is 0 Å². The second-order valence-corrected chi connectivity index (χ2v) is 4.33. The minimum atomic E-state index is 0.666. The van der Waals surface area contributed by atoms with E-state index in [0.717, 1.165) is 10.9 Å². The molecule has 2 rings (SSSR count). The fourth-order valence-electron chi connectivity index (χ4n) is 0.852. The number of rotatable bonds is 3. The lowest BCUT2D eigenvalue weighted by Crippen LogP contribution is -1.92. The Labute approximate surface area is 88.7 Å². The average Bonchev–Trinajstić information content (AvgIpc) is 2.72. The maximum atomic E-state index is 5.66. The molecule has 0 fully saturated rings. The van der Waals surface area contributed by atoms with Crippen LogP contribution in [0, 0.1) is 0 Å². The van der Waals surface area contributed by atoms with Crippen LogP contribution >= 0.6 is 23.3 Å². The summed E-state index contributed by atoms with van der Waals surface area (Å²) in [6.07, 6.45) is 1.66. The molecule has 0 aromatic carbocycles. The lowest BCUT2D eigenvalue weighted by Gasteiger charge is -1.97. The van der Waals surface area contributed by atoms with Gasteiger partial charge >= 0.3 is 0 Å². The number of hydrogen-bond acceptors (Lipinski definition) is 7. The molecule has 6 nitrogen and oxygen atoms in total. The Morgan fingerprint density at radius 1 is 1.57 bits per heavy atom. The van der Waals surface area contributed by atoms with Crippen LogP contribution in [0.3, 0.4) is 0 Å². The number of nitrogens with two attached hydrogens (primary N) is 1. The molecular formula is C6H8N6S2. The lowest BCUT2D eigenvalue weighted by molar-refractivity contribution is 0.788. The monoisotopic (exact) mass is 228 g/mol. The van der Waals surface area contributed by atoms with E-state index in [1.54, 1.807) is 6.33 Å². The summed E-state index contributed by atoms with van der Waals surface area (Å²) >= 11 is 2.75. The molecule has 0 spiro atoms. The summed E-state index contributed by atoms with van der Waals surface area (Å²) in [7, 11) is 1.89. The van der Waals surface area contributed by atoms with Crippen molar-refractivity contribution in [3.8, 4) is 0 Å². The number of nitrogen functional groups attached to an aromatic ring is 1. The normalized spacial score (nSPS) is 10.6. The van der Waals surface area contributed by atoms with Gasteiger partial charge in [0, 0.05) is 24.3 Å². The molecular weight excluding hydrogens is 220 g/mol. The van der Waals surface area contributed by atoms with Crippen molar-refractivity contribution in [2.24, 2.45) is 7.05 Å². The van der Waals surface area contributed by atoms with Crippen molar-refractivity contribution in [2.75, 3.05) is 5.73 Å². The third-order valence-electron chi connectivity index (χ3n) is 1.59. The minimum Gasteiger partial charge on any atom is -0.388 e. The first-order chi connectivity index (χ1) is 6.77. The first-order valence-corrected chi connectivity index (χ1v) is 5.57. The van der Waals surface area contributed by atoms with Crippen molar-refractivity contribution in [2.45, 2.75) is 10.9 Å². The summed E-state index contributed by atoms with van der Waals surface area (Å²) in [6.45, 7) is 0. The minimum absolute atomic E-state index is 0.666. The van der Waals surface area contributed by atoms with E-state index in [1.165, 1.54) is 23.3 Å². The second kappa shape index (κ2) is 3.93. The predicted octanol–water partition coefficient (Wildman–Crippen LogP) is 0.541. The van der Waals surface area contributed by atoms with Crippen LogP contribution in [0.25, 0.3) is 0 Å². The largest absolute Gasteiger partial charge is 0.388 e. The average molecular weight is 228 g/mol. The SMILES string of the molecule is Cn1cnnc1SCc1nnsc1N. The van der Waals surface area contributed by atoms with E-state index < -0.39 is 0 Å². The molecule has 0 aliphatic heterocycles. The summed E-state index contributed by atoms with van der Waals surface area (Å²) < 4.78 is 5.60. The first-order valence-electron chi connectivity index (χ1n) is 3.81. The van der Waals surface area contributed by atoms with Crippen LogP contribution in [0.2, 0.25) is 0 Å². The Balaban J connectivity index is 2.02. The van der Waals surface area contributed by atoms with Gasteiger partial charge in [0.05, 0.1) is 0 Å². The second-order valence-electron chi connectivity index (χ2n) is 2.60. The first kappa shape index (κ1) is 9.41. The van der Waals surface area contributed by atoms with Crippen LogP contribution in [-0.4, -0.2) is 24.4 Å². The van der Waals surface area contributed by atoms with E-state index >= 15 is 0 Å². The van der Waals surface area contributed by atoms with Crippen LogP contribution in [-0.2, 0) is 12.8 Å². The molecule has 14 heavy (non-hydrogen) atoms. The van der Waals surface area contributed by atoms with Crippen molar-refractivity contribution < 1.29 is 0 Å². The van der Waals surface area contributed by atoms with Crippen LogP contribution in [0.1, 0.15) is 5.69 Å². The molecule has 0 unspecified atom stereocenters. The van der Waals surface area contributed by atoms with Crippen LogP contribution in [0.15, 0.2) is 11.5 Å². The van der Waals surface area contributed by atoms with E-state index in [4.69, 9.17) is 5.73 Å². The molecule has 2 N–H and O–H groups in total. The van der Waals surface area contributed by atoms with Crippen molar-refractivity contribution in [1.82, 2.24) is 24.4 Å². The lowest BCUT2D eigenvalue weighted by atomic mass is 10.5. The van der Waals surface area contributed by atoms with Gasteiger partial charge in [0.1, 0.15) is 17.0 Å². The quantitative estimate of drug-likeness (QED) is 0.772. The van der Waals surface area contributed by atoms with Crippen molar-refractivity contribution in [1.29, 1.82) is 0 Å². The van der Waals surface area contributed by atoms with Gasteiger partial charge in [-0.1, -0.05) is 16.3 Å². The standard InChI is InChI=1S/C6H8N6S2/c1-12-3-8-10-6(12)13-2-4-5(7)14-11-9-4/h3H,2,7H2,1H3. The Hall–Kier alpha value is -1.15. The molecule has 2 heterocycles. The molecule has 0 amide bonds. The predicted molar refractivity (Wildman–Crippen MR) is 54.9 cm³/mol. The van der Waals surface area contributed by atoms with Crippen LogP contribution in [0.5, 0.6) is 0 Å². The van der Waals surface area contributed by atoms with Gasteiger partial charge in [0.15, 0.2) is 5.16 Å². The molecule has 0 aliphatic carbocycles. The number of thioether (sulfide) groups is 1. The molecule has 8 heteroatoms. The molecule has 0 atom stereocenters. The maximum Gasteiger partial charge on any atom is 0.191 e. The maximum absolute atomic E-state index is 5.66. The zero-order chi connectivity index (χ0) is 9.97. The third-order valence-corrected chi connectivity index (χ3v) is 3.23. The smallest absolute Gasteiger partial charge is 0.191 e. The van der Waals surface area contributed by atoms with Crippen molar-refractivity contribution in [3.05, 3.63) is 12.0 Å². The Bertz CT molecular complexity index is 381. The van der Waals surface area contributed by atoms with E-state index in [2.05, 4.69) is 19.8 Å². The fraction of sp³-hybridized carbons (Fsp3) is 0.333. The van der Waals surface area contributed by atoms with E-state index in [9.17, 15) is 0 Å². The van der Waals surface area contributed by atoms with Gasteiger partial charge in [-0.15, -0.1) is 15.3 Å². The summed E-state index contributed by atoms with van der Waals surface area (Å²) in [5, 5.41) is 13.1. The highest BCUT2D eigenvalue weighted by molar-refractivity contribution is 7.98. The highest BCUT2D eigenvalue weighted by atomic mass is 32.2.